The Balaban J connectivity index is 1.80. The fourth-order valence-electron chi connectivity index (χ4n) is 4.40. The molecule has 1 aromatic rings. The van der Waals surface area contributed by atoms with Gasteiger partial charge in [0.25, 0.3) is 6.29 Å². The molecule has 3 heterocycles. The second-order valence-corrected chi connectivity index (χ2v) is 7.33. The highest BCUT2D eigenvalue weighted by atomic mass is 16.7. The molecule has 2 fully saturated rings. The topological polar surface area (TPSA) is 99.2 Å². The summed E-state index contributed by atoms with van der Waals surface area (Å²) >= 11 is 0. The standard InChI is InChI=1S/C20H19NO7/c1-11(22)26-18(27-12(2)23)20-10-9-19(3,28-20)14-15(20)17(25)21(16(14)24)13-7-5-4-6-8-13/h4-10,14-15,18H,1-3H3/t14-,15+,19+,20+/m1/s1. The van der Waals surface area contributed by atoms with Crippen LogP contribution < -0.4 is 4.90 Å². The molecule has 4 atom stereocenters. The zero-order chi connectivity index (χ0) is 20.3. The lowest BCUT2D eigenvalue weighted by atomic mass is 9.72. The number of benzene rings is 1. The summed E-state index contributed by atoms with van der Waals surface area (Å²) < 4.78 is 16.5. The summed E-state index contributed by atoms with van der Waals surface area (Å²) in [5, 5.41) is 0. The van der Waals surface area contributed by atoms with Crippen molar-refractivity contribution in [3.63, 3.8) is 0 Å². The van der Waals surface area contributed by atoms with Crippen LogP contribution in [0.4, 0.5) is 5.69 Å². The van der Waals surface area contributed by atoms with Crippen LogP contribution in [0, 0.1) is 11.8 Å². The fourth-order valence-corrected chi connectivity index (χ4v) is 4.40. The average molecular weight is 385 g/mol. The Kier molecular flexibility index (Phi) is 3.94. The van der Waals surface area contributed by atoms with Crippen LogP contribution in [0.15, 0.2) is 42.5 Å². The van der Waals surface area contributed by atoms with E-state index in [0.29, 0.717) is 5.69 Å². The normalized spacial score (nSPS) is 32.8. The Labute approximate surface area is 161 Å². The number of carbonyl (C=O) groups excluding carboxylic acids is 4. The molecule has 28 heavy (non-hydrogen) atoms. The Hall–Kier alpha value is -3.00. The lowest BCUT2D eigenvalue weighted by Gasteiger charge is -2.34. The van der Waals surface area contributed by atoms with Crippen molar-refractivity contribution in [2.24, 2.45) is 11.8 Å². The minimum Gasteiger partial charge on any atom is -0.422 e. The Morgan fingerprint density at radius 1 is 1.00 bits per heavy atom. The van der Waals surface area contributed by atoms with E-state index in [2.05, 4.69) is 0 Å². The summed E-state index contributed by atoms with van der Waals surface area (Å²) in [5.41, 5.74) is -2.20. The molecule has 2 saturated heterocycles. The second kappa shape index (κ2) is 6.00. The van der Waals surface area contributed by atoms with E-state index in [1.54, 1.807) is 49.4 Å². The first kappa shape index (κ1) is 18.4. The number of amides is 2. The largest absolute Gasteiger partial charge is 0.422 e. The van der Waals surface area contributed by atoms with Crippen molar-refractivity contribution in [3.05, 3.63) is 42.5 Å². The van der Waals surface area contributed by atoms with Gasteiger partial charge >= 0.3 is 11.9 Å². The first-order valence-electron chi connectivity index (χ1n) is 8.87. The third kappa shape index (κ3) is 2.41. The van der Waals surface area contributed by atoms with Gasteiger partial charge in [0.1, 0.15) is 0 Å². The number of rotatable bonds is 4. The van der Waals surface area contributed by atoms with Gasteiger partial charge < -0.3 is 14.2 Å². The van der Waals surface area contributed by atoms with Gasteiger partial charge in [0.05, 0.1) is 23.1 Å². The Morgan fingerprint density at radius 3 is 2.14 bits per heavy atom. The highest BCUT2D eigenvalue weighted by Crippen LogP contribution is 2.59. The predicted molar refractivity (Wildman–Crippen MR) is 94.6 cm³/mol. The zero-order valence-electron chi connectivity index (χ0n) is 15.6. The molecule has 8 heteroatoms. The number of hydrogen-bond acceptors (Lipinski definition) is 7. The zero-order valence-corrected chi connectivity index (χ0v) is 15.6. The van der Waals surface area contributed by atoms with Crippen LogP contribution in [-0.4, -0.2) is 41.2 Å². The third-order valence-corrected chi connectivity index (χ3v) is 5.41. The number of fused-ring (bicyclic) bond motifs is 5. The summed E-state index contributed by atoms with van der Waals surface area (Å²) in [6.45, 7) is 4.01. The number of imide groups is 1. The number of anilines is 1. The van der Waals surface area contributed by atoms with Crippen LogP contribution in [0.5, 0.6) is 0 Å². The second-order valence-electron chi connectivity index (χ2n) is 7.33. The van der Waals surface area contributed by atoms with Crippen molar-refractivity contribution in [1.82, 2.24) is 0 Å². The van der Waals surface area contributed by atoms with Crippen LogP contribution in [0.3, 0.4) is 0 Å². The number of nitrogens with zero attached hydrogens (tertiary/aromatic N) is 1. The Morgan fingerprint density at radius 2 is 1.57 bits per heavy atom. The molecular weight excluding hydrogens is 366 g/mol. The van der Waals surface area contributed by atoms with Gasteiger partial charge in [0.2, 0.25) is 11.8 Å². The van der Waals surface area contributed by atoms with E-state index in [1.807, 2.05) is 0 Å². The van der Waals surface area contributed by atoms with Gasteiger partial charge in [-0.1, -0.05) is 24.3 Å². The van der Waals surface area contributed by atoms with Gasteiger partial charge in [-0.15, -0.1) is 0 Å². The van der Waals surface area contributed by atoms with Crippen molar-refractivity contribution in [2.75, 3.05) is 4.90 Å². The van der Waals surface area contributed by atoms with Gasteiger partial charge in [-0.3, -0.25) is 19.2 Å². The highest BCUT2D eigenvalue weighted by Gasteiger charge is 2.75. The van der Waals surface area contributed by atoms with Crippen LogP contribution in [0.1, 0.15) is 20.8 Å². The van der Waals surface area contributed by atoms with Crippen LogP contribution >= 0.6 is 0 Å². The van der Waals surface area contributed by atoms with Crippen LogP contribution in [0.2, 0.25) is 0 Å². The van der Waals surface area contributed by atoms with Gasteiger partial charge in [0.15, 0.2) is 5.60 Å². The quantitative estimate of drug-likeness (QED) is 0.334. The maximum Gasteiger partial charge on any atom is 0.305 e. The van der Waals surface area contributed by atoms with Crippen LogP contribution in [0.25, 0.3) is 0 Å². The van der Waals surface area contributed by atoms with Crippen molar-refractivity contribution in [3.8, 4) is 0 Å². The smallest absolute Gasteiger partial charge is 0.305 e. The summed E-state index contributed by atoms with van der Waals surface area (Å²) in [5.74, 6) is -4.10. The molecule has 0 aromatic heterocycles. The monoisotopic (exact) mass is 385 g/mol. The Bertz CT molecular complexity index is 894. The molecular formula is C20H19NO7. The van der Waals surface area contributed by atoms with Crippen LogP contribution in [-0.2, 0) is 33.4 Å². The summed E-state index contributed by atoms with van der Waals surface area (Å²) in [6, 6.07) is 8.57. The number of carbonyl (C=O) groups is 4. The predicted octanol–water partition coefficient (Wildman–Crippen LogP) is 1.34. The first-order chi connectivity index (χ1) is 13.2. The van der Waals surface area contributed by atoms with E-state index in [4.69, 9.17) is 14.2 Å². The molecule has 0 saturated carbocycles. The van der Waals surface area contributed by atoms with E-state index in [9.17, 15) is 19.2 Å². The molecule has 1 aromatic carbocycles. The third-order valence-electron chi connectivity index (χ3n) is 5.41. The molecule has 0 radical (unpaired) electrons. The maximum atomic E-state index is 13.3. The van der Waals surface area contributed by atoms with Gasteiger partial charge in [0, 0.05) is 13.8 Å². The first-order valence-corrected chi connectivity index (χ1v) is 8.87. The maximum absolute atomic E-state index is 13.3. The lowest BCUT2D eigenvalue weighted by molar-refractivity contribution is -0.231. The molecule has 0 N–H and O–H groups in total. The van der Waals surface area contributed by atoms with Crippen molar-refractivity contribution in [1.29, 1.82) is 0 Å². The van der Waals surface area contributed by atoms with E-state index >= 15 is 0 Å². The number of esters is 2. The average Bonchev–Trinajstić information content (AvgIpc) is 3.20. The van der Waals surface area contributed by atoms with E-state index in [-0.39, 0.29) is 0 Å². The minimum absolute atomic E-state index is 0.403. The molecule has 0 aliphatic carbocycles. The molecule has 4 rings (SSSR count). The lowest BCUT2D eigenvalue weighted by Crippen LogP contribution is -2.52. The molecule has 2 bridgehead atoms. The molecule has 3 aliphatic rings. The van der Waals surface area contributed by atoms with Gasteiger partial charge in [-0.25, -0.2) is 4.90 Å². The van der Waals surface area contributed by atoms with E-state index in [0.717, 1.165) is 18.7 Å². The summed E-state index contributed by atoms with van der Waals surface area (Å²) in [4.78, 5) is 50.8. The molecule has 3 aliphatic heterocycles. The molecule has 2 amide bonds. The fraction of sp³-hybridized carbons (Fsp3) is 0.400. The number of ether oxygens (including phenoxy) is 3. The van der Waals surface area contributed by atoms with Gasteiger partial charge in [-0.05, 0) is 25.1 Å². The van der Waals surface area contributed by atoms with Crippen molar-refractivity contribution in [2.45, 2.75) is 38.3 Å². The molecule has 8 nitrogen and oxygen atoms in total. The van der Waals surface area contributed by atoms with Crippen molar-refractivity contribution >= 4 is 29.4 Å². The number of hydrogen-bond donors (Lipinski definition) is 0. The van der Waals surface area contributed by atoms with E-state index in [1.165, 1.54) is 0 Å². The molecule has 146 valence electrons. The minimum atomic E-state index is -1.56. The van der Waals surface area contributed by atoms with Gasteiger partial charge in [-0.2, -0.15) is 0 Å². The van der Waals surface area contributed by atoms with E-state index < -0.39 is 53.1 Å². The van der Waals surface area contributed by atoms with Crippen molar-refractivity contribution < 1.29 is 33.4 Å². The SMILES string of the molecule is CC(=O)OC(OC(C)=O)[C@@]12C=C[C@](C)(O1)[C@H]1C(=O)N(c3ccccc3)C(=O)[C@H]12. The summed E-state index contributed by atoms with van der Waals surface area (Å²) in [6.07, 6.45) is 1.74. The molecule has 0 spiro atoms. The summed E-state index contributed by atoms with van der Waals surface area (Å²) in [7, 11) is 0. The highest BCUT2D eigenvalue weighted by molar-refractivity contribution is 6.23. The number of para-hydroxylation sites is 1. The molecule has 0 unspecified atom stereocenters.